The molecule has 0 radical (unpaired) electrons. The molecule has 5 nitrogen and oxygen atoms in total. The second kappa shape index (κ2) is 8.25. The smallest absolute Gasteiger partial charge is 0.248 e. The molecule has 2 aromatic carbocycles. The van der Waals surface area contributed by atoms with Gasteiger partial charge in [-0.1, -0.05) is 23.7 Å². The average Bonchev–Trinajstić information content (AvgIpc) is 2.62. The van der Waals surface area contributed by atoms with Gasteiger partial charge in [0, 0.05) is 43.0 Å². The molecule has 1 heterocycles. The van der Waals surface area contributed by atoms with Crippen LogP contribution in [-0.2, 0) is 4.79 Å². The van der Waals surface area contributed by atoms with Gasteiger partial charge in [-0.25, -0.2) is 0 Å². The zero-order valence-electron chi connectivity index (χ0n) is 14.8. The quantitative estimate of drug-likeness (QED) is 0.640. The van der Waals surface area contributed by atoms with Crippen LogP contribution in [0.25, 0.3) is 6.08 Å². The van der Waals surface area contributed by atoms with Crippen LogP contribution in [0.1, 0.15) is 5.56 Å². The van der Waals surface area contributed by atoms with E-state index >= 15 is 0 Å². The van der Waals surface area contributed by atoms with Crippen LogP contribution < -0.4 is 16.0 Å². The zero-order chi connectivity index (χ0) is 18.5. The number of nitrogens with one attached hydrogen (secondary N) is 1. The number of halogens is 1. The molecule has 0 bridgehead atoms. The lowest BCUT2D eigenvalue weighted by Crippen LogP contribution is -2.44. The largest absolute Gasteiger partial charge is 0.399 e. The predicted octanol–water partition coefficient (Wildman–Crippen LogP) is 3.33. The third-order valence-corrected chi connectivity index (χ3v) is 4.67. The maximum atomic E-state index is 12.4. The number of piperazine rings is 1. The van der Waals surface area contributed by atoms with E-state index in [1.165, 1.54) is 6.08 Å². The van der Waals surface area contributed by atoms with Crippen LogP contribution in [0, 0.1) is 0 Å². The van der Waals surface area contributed by atoms with Gasteiger partial charge in [0.1, 0.15) is 0 Å². The fraction of sp³-hybridized carbons (Fsp3) is 0.250. The molecule has 136 valence electrons. The van der Waals surface area contributed by atoms with Crippen LogP contribution in [0.2, 0.25) is 5.02 Å². The van der Waals surface area contributed by atoms with E-state index in [4.69, 9.17) is 17.3 Å². The standard InChI is InChI=1S/C20H23ClN4O/c1-24-10-12-25(13-11-24)19-8-7-17(22)14-18(19)23-20(26)9-4-15-2-5-16(21)6-3-15/h2-9,14H,10-13,22H2,1H3,(H,23,26)/b9-4+. The topological polar surface area (TPSA) is 61.6 Å². The number of nitrogen functional groups attached to an aromatic ring is 1. The average molecular weight is 371 g/mol. The summed E-state index contributed by atoms with van der Waals surface area (Å²) in [5.41, 5.74) is 9.20. The predicted molar refractivity (Wildman–Crippen MR) is 110 cm³/mol. The first-order chi connectivity index (χ1) is 12.5. The summed E-state index contributed by atoms with van der Waals surface area (Å²) in [5, 5.41) is 3.62. The van der Waals surface area contributed by atoms with Crippen molar-refractivity contribution >= 4 is 40.6 Å². The number of nitrogens with zero attached hydrogens (tertiary/aromatic N) is 2. The second-order valence-corrected chi connectivity index (χ2v) is 6.88. The highest BCUT2D eigenvalue weighted by molar-refractivity contribution is 6.30. The Bertz CT molecular complexity index is 796. The van der Waals surface area contributed by atoms with Gasteiger partial charge in [0.05, 0.1) is 11.4 Å². The molecule has 1 aliphatic heterocycles. The van der Waals surface area contributed by atoms with Crippen molar-refractivity contribution in [1.29, 1.82) is 0 Å². The summed E-state index contributed by atoms with van der Waals surface area (Å²) in [6, 6.07) is 13.0. The third kappa shape index (κ3) is 4.77. The summed E-state index contributed by atoms with van der Waals surface area (Å²) < 4.78 is 0. The summed E-state index contributed by atoms with van der Waals surface area (Å²) in [6.45, 7) is 3.83. The van der Waals surface area contributed by atoms with Crippen molar-refractivity contribution in [3.05, 3.63) is 59.1 Å². The number of likely N-dealkylation sites (N-methyl/N-ethyl adjacent to an activating group) is 1. The van der Waals surface area contributed by atoms with Crippen molar-refractivity contribution in [3.63, 3.8) is 0 Å². The molecule has 1 fully saturated rings. The van der Waals surface area contributed by atoms with Gasteiger partial charge in [-0.05, 0) is 49.0 Å². The number of anilines is 3. The SMILES string of the molecule is CN1CCN(c2ccc(N)cc2NC(=O)/C=C/c2ccc(Cl)cc2)CC1. The van der Waals surface area contributed by atoms with Crippen LogP contribution in [0.3, 0.4) is 0 Å². The van der Waals surface area contributed by atoms with Crippen molar-refractivity contribution in [2.45, 2.75) is 0 Å². The number of hydrogen-bond donors (Lipinski definition) is 2. The highest BCUT2D eigenvalue weighted by Crippen LogP contribution is 2.29. The van der Waals surface area contributed by atoms with Crippen LogP contribution in [-0.4, -0.2) is 44.0 Å². The molecule has 2 aromatic rings. The van der Waals surface area contributed by atoms with Gasteiger partial charge in [-0.2, -0.15) is 0 Å². The Morgan fingerprint density at radius 1 is 1.12 bits per heavy atom. The molecule has 0 aliphatic carbocycles. The first kappa shape index (κ1) is 18.3. The molecule has 3 N–H and O–H groups in total. The maximum Gasteiger partial charge on any atom is 0.248 e. The summed E-state index contributed by atoms with van der Waals surface area (Å²) in [6.07, 6.45) is 3.27. The van der Waals surface area contributed by atoms with E-state index in [2.05, 4.69) is 22.2 Å². The Labute approximate surface area is 159 Å². The summed E-state index contributed by atoms with van der Waals surface area (Å²) in [4.78, 5) is 16.9. The van der Waals surface area contributed by atoms with E-state index in [0.29, 0.717) is 10.7 Å². The number of carbonyl (C=O) groups is 1. The Morgan fingerprint density at radius 2 is 1.81 bits per heavy atom. The number of carbonyl (C=O) groups excluding carboxylic acids is 1. The zero-order valence-corrected chi connectivity index (χ0v) is 15.5. The van der Waals surface area contributed by atoms with Gasteiger partial charge in [0.25, 0.3) is 0 Å². The highest BCUT2D eigenvalue weighted by atomic mass is 35.5. The van der Waals surface area contributed by atoms with Crippen molar-refractivity contribution in [1.82, 2.24) is 4.90 Å². The molecule has 1 amide bonds. The van der Waals surface area contributed by atoms with Gasteiger partial charge in [-0.3, -0.25) is 4.79 Å². The molecular weight excluding hydrogens is 348 g/mol. The molecule has 26 heavy (non-hydrogen) atoms. The van der Waals surface area contributed by atoms with Crippen LogP contribution >= 0.6 is 11.6 Å². The Kier molecular flexibility index (Phi) is 5.81. The van der Waals surface area contributed by atoms with Crippen molar-refractivity contribution in [2.24, 2.45) is 0 Å². The monoisotopic (exact) mass is 370 g/mol. The number of benzene rings is 2. The minimum atomic E-state index is -0.194. The van der Waals surface area contributed by atoms with Crippen LogP contribution in [0.15, 0.2) is 48.5 Å². The van der Waals surface area contributed by atoms with Gasteiger partial charge in [0.2, 0.25) is 5.91 Å². The number of nitrogens with two attached hydrogens (primary N) is 1. The first-order valence-corrected chi connectivity index (χ1v) is 8.97. The number of rotatable bonds is 4. The summed E-state index contributed by atoms with van der Waals surface area (Å²) in [5.74, 6) is -0.194. The van der Waals surface area contributed by atoms with E-state index in [9.17, 15) is 4.79 Å². The summed E-state index contributed by atoms with van der Waals surface area (Å²) >= 11 is 5.87. The lowest BCUT2D eigenvalue weighted by atomic mass is 10.2. The van der Waals surface area contributed by atoms with Crippen molar-refractivity contribution in [3.8, 4) is 0 Å². The molecule has 1 saturated heterocycles. The molecule has 0 spiro atoms. The number of hydrogen-bond acceptors (Lipinski definition) is 4. The Morgan fingerprint density at radius 3 is 2.50 bits per heavy atom. The number of amides is 1. The molecule has 0 saturated carbocycles. The van der Waals surface area contributed by atoms with Gasteiger partial charge in [0.15, 0.2) is 0 Å². The van der Waals surface area contributed by atoms with E-state index in [-0.39, 0.29) is 5.91 Å². The van der Waals surface area contributed by atoms with Crippen LogP contribution in [0.4, 0.5) is 17.1 Å². The lowest BCUT2D eigenvalue weighted by Gasteiger charge is -2.35. The lowest BCUT2D eigenvalue weighted by molar-refractivity contribution is -0.111. The normalized spacial score (nSPS) is 15.4. The minimum Gasteiger partial charge on any atom is -0.399 e. The Balaban J connectivity index is 1.72. The molecular formula is C20H23ClN4O. The molecule has 0 aromatic heterocycles. The van der Waals surface area contributed by atoms with E-state index in [1.54, 1.807) is 18.2 Å². The van der Waals surface area contributed by atoms with Gasteiger partial charge in [-0.15, -0.1) is 0 Å². The fourth-order valence-corrected chi connectivity index (χ4v) is 3.02. The van der Waals surface area contributed by atoms with Crippen molar-refractivity contribution in [2.75, 3.05) is 49.2 Å². The third-order valence-electron chi connectivity index (χ3n) is 4.42. The fourth-order valence-electron chi connectivity index (χ4n) is 2.90. The minimum absolute atomic E-state index is 0.194. The second-order valence-electron chi connectivity index (χ2n) is 6.44. The molecule has 0 unspecified atom stereocenters. The Hall–Kier alpha value is -2.50. The van der Waals surface area contributed by atoms with E-state index < -0.39 is 0 Å². The maximum absolute atomic E-state index is 12.4. The highest BCUT2D eigenvalue weighted by Gasteiger charge is 2.17. The molecule has 6 heteroatoms. The van der Waals surface area contributed by atoms with E-state index in [1.807, 2.05) is 30.3 Å². The first-order valence-electron chi connectivity index (χ1n) is 8.59. The van der Waals surface area contributed by atoms with Gasteiger partial charge < -0.3 is 20.9 Å². The molecule has 1 aliphatic rings. The molecule has 0 atom stereocenters. The van der Waals surface area contributed by atoms with Gasteiger partial charge >= 0.3 is 0 Å². The van der Waals surface area contributed by atoms with E-state index in [0.717, 1.165) is 43.1 Å². The van der Waals surface area contributed by atoms with Crippen molar-refractivity contribution < 1.29 is 4.79 Å². The molecule has 3 rings (SSSR count). The summed E-state index contributed by atoms with van der Waals surface area (Å²) in [7, 11) is 2.12. The van der Waals surface area contributed by atoms with Crippen LogP contribution in [0.5, 0.6) is 0 Å².